The molecule has 294 valence electrons. The molecule has 56 heavy (non-hydrogen) atoms. The SMILES string of the molecule is CCc1nc2c(cnn2CC)c(NC2CCOCC2)c1CN(Cc1ccc(Cl)c(-c2cccc(CN3CCCN(C)CC3)c2)c1)C(=O)c1cccc(C(N)=O)c1. The van der Waals surface area contributed by atoms with Gasteiger partial charge >= 0.3 is 0 Å². The molecule has 0 atom stereocenters. The second-order valence-electron chi connectivity index (χ2n) is 15.0. The first kappa shape index (κ1) is 39.4. The van der Waals surface area contributed by atoms with Gasteiger partial charge in [-0.25, -0.2) is 9.67 Å². The van der Waals surface area contributed by atoms with E-state index < -0.39 is 5.91 Å². The summed E-state index contributed by atoms with van der Waals surface area (Å²) >= 11 is 6.93. The number of primary amides is 1. The minimum atomic E-state index is -0.585. The van der Waals surface area contributed by atoms with Gasteiger partial charge in [-0.3, -0.25) is 14.5 Å². The predicted molar refractivity (Wildman–Crippen MR) is 223 cm³/mol. The molecule has 4 heterocycles. The number of hydrogen-bond donors (Lipinski definition) is 2. The molecule has 3 aromatic carbocycles. The van der Waals surface area contributed by atoms with Gasteiger partial charge in [0, 0.05) is 84.9 Å². The van der Waals surface area contributed by atoms with Crippen LogP contribution in [0.15, 0.2) is 72.9 Å². The second kappa shape index (κ2) is 18.0. The molecule has 2 amide bonds. The number of aromatic nitrogens is 3. The Morgan fingerprint density at radius 3 is 2.54 bits per heavy atom. The first-order valence-corrected chi connectivity index (χ1v) is 20.3. The van der Waals surface area contributed by atoms with Crippen LogP contribution in [0.5, 0.6) is 0 Å². The third-order valence-corrected chi connectivity index (χ3v) is 11.4. The number of nitrogens with one attached hydrogen (secondary N) is 1. The standard InChI is InChI=1S/C44H53ClN8O3/c1-4-40-38(41(48-35-15-21-56-22-16-35)37-26-47-53(5-2)43(37)49-40)29-52(44(55)34-12-7-11-33(25-34)42(46)54)28-31-13-14-39(45)36(24-31)32-10-6-9-30(23-32)27-51-18-8-17-50(3)19-20-51/h6-7,9-14,23-26,35H,4-5,8,15-22,27-29H2,1-3H3,(H2,46,54)(H,48,49). The molecule has 11 nitrogen and oxygen atoms in total. The summed E-state index contributed by atoms with van der Waals surface area (Å²) < 4.78 is 7.61. The van der Waals surface area contributed by atoms with Crippen LogP contribution in [0.3, 0.4) is 0 Å². The average Bonchev–Trinajstić information content (AvgIpc) is 3.52. The van der Waals surface area contributed by atoms with Crippen LogP contribution in [0, 0.1) is 0 Å². The van der Waals surface area contributed by atoms with E-state index in [4.69, 9.17) is 27.1 Å². The van der Waals surface area contributed by atoms with E-state index in [1.807, 2.05) is 27.9 Å². The molecule has 2 saturated heterocycles. The summed E-state index contributed by atoms with van der Waals surface area (Å²) in [6.45, 7) is 12.0. The van der Waals surface area contributed by atoms with Gasteiger partial charge in [-0.2, -0.15) is 5.10 Å². The maximum Gasteiger partial charge on any atom is 0.254 e. The van der Waals surface area contributed by atoms with Crippen LogP contribution in [-0.4, -0.2) is 93.8 Å². The number of carbonyl (C=O) groups excluding carboxylic acids is 2. The summed E-state index contributed by atoms with van der Waals surface area (Å²) in [5.74, 6) is -0.809. The largest absolute Gasteiger partial charge is 0.381 e. The lowest BCUT2D eigenvalue weighted by Crippen LogP contribution is -2.33. The lowest BCUT2D eigenvalue weighted by Gasteiger charge is -2.29. The number of benzene rings is 3. The summed E-state index contributed by atoms with van der Waals surface area (Å²) in [7, 11) is 2.19. The van der Waals surface area contributed by atoms with Gasteiger partial charge in [-0.05, 0) is 106 Å². The zero-order valence-electron chi connectivity index (χ0n) is 32.8. The number of amides is 2. The van der Waals surface area contributed by atoms with Crippen molar-refractivity contribution in [3.8, 4) is 11.1 Å². The normalized spacial score (nSPS) is 15.9. The second-order valence-corrected chi connectivity index (χ2v) is 15.5. The van der Waals surface area contributed by atoms with Crippen molar-refractivity contribution in [3.63, 3.8) is 0 Å². The Kier molecular flexibility index (Phi) is 12.7. The Labute approximate surface area is 334 Å². The number of nitrogens with two attached hydrogens (primary N) is 1. The van der Waals surface area contributed by atoms with Gasteiger partial charge in [0.1, 0.15) is 0 Å². The first-order valence-electron chi connectivity index (χ1n) is 19.9. The van der Waals surface area contributed by atoms with Gasteiger partial charge in [0.25, 0.3) is 5.91 Å². The van der Waals surface area contributed by atoms with Crippen molar-refractivity contribution < 1.29 is 14.3 Å². The number of ether oxygens (including phenoxy) is 1. The highest BCUT2D eigenvalue weighted by Gasteiger charge is 2.26. The fourth-order valence-corrected chi connectivity index (χ4v) is 8.15. The van der Waals surface area contributed by atoms with Crippen molar-refractivity contribution in [2.45, 2.75) is 71.8 Å². The Bertz CT molecular complexity index is 2180. The molecule has 0 bridgehead atoms. The number of anilines is 1. The summed E-state index contributed by atoms with van der Waals surface area (Å²) in [5.41, 5.74) is 14.1. The van der Waals surface area contributed by atoms with E-state index in [9.17, 15) is 9.59 Å². The van der Waals surface area contributed by atoms with Crippen molar-refractivity contribution >= 4 is 40.1 Å². The number of likely N-dealkylation sites (N-methyl/N-ethyl adjacent to an activating group) is 1. The number of aryl methyl sites for hydroxylation is 2. The van der Waals surface area contributed by atoms with E-state index in [-0.39, 0.29) is 30.6 Å². The minimum Gasteiger partial charge on any atom is -0.381 e. The Balaban J connectivity index is 1.26. The van der Waals surface area contributed by atoms with Gasteiger partial charge in [-0.1, -0.05) is 48.9 Å². The zero-order chi connectivity index (χ0) is 39.2. The highest BCUT2D eigenvalue weighted by Crippen LogP contribution is 2.34. The monoisotopic (exact) mass is 776 g/mol. The van der Waals surface area contributed by atoms with Gasteiger partial charge in [0.05, 0.1) is 23.8 Å². The number of halogens is 1. The van der Waals surface area contributed by atoms with Crippen LogP contribution >= 0.6 is 11.6 Å². The highest BCUT2D eigenvalue weighted by molar-refractivity contribution is 6.33. The van der Waals surface area contributed by atoms with Crippen LogP contribution in [0.2, 0.25) is 5.02 Å². The molecule has 0 radical (unpaired) electrons. The summed E-state index contributed by atoms with van der Waals surface area (Å²) in [5, 5.41) is 10.1. The Morgan fingerprint density at radius 1 is 0.946 bits per heavy atom. The van der Waals surface area contributed by atoms with Gasteiger partial charge in [-0.15, -0.1) is 0 Å². The lowest BCUT2D eigenvalue weighted by atomic mass is 9.99. The van der Waals surface area contributed by atoms with Crippen molar-refractivity contribution in [1.29, 1.82) is 0 Å². The van der Waals surface area contributed by atoms with Gasteiger partial charge in [0.15, 0.2) is 5.65 Å². The van der Waals surface area contributed by atoms with E-state index in [0.717, 1.165) is 96.7 Å². The molecular formula is C44H53ClN8O3. The molecule has 0 saturated carbocycles. The molecule has 3 N–H and O–H groups in total. The van der Waals surface area contributed by atoms with Crippen molar-refractivity contribution in [1.82, 2.24) is 29.5 Å². The van der Waals surface area contributed by atoms with Crippen LogP contribution in [-0.2, 0) is 37.3 Å². The number of pyridine rings is 1. The maximum atomic E-state index is 14.7. The summed E-state index contributed by atoms with van der Waals surface area (Å²) in [6, 6.07) is 21.5. The summed E-state index contributed by atoms with van der Waals surface area (Å²) in [6.07, 6.45) is 5.45. The molecule has 0 unspecified atom stereocenters. The van der Waals surface area contributed by atoms with Crippen molar-refractivity contribution in [3.05, 3.63) is 111 Å². The molecule has 5 aromatic rings. The molecule has 2 aliphatic rings. The van der Waals surface area contributed by atoms with Crippen molar-refractivity contribution in [2.24, 2.45) is 5.73 Å². The van der Waals surface area contributed by atoms with E-state index in [0.29, 0.717) is 36.8 Å². The number of rotatable bonds is 13. The topological polar surface area (TPSA) is 122 Å². The molecule has 0 aliphatic carbocycles. The van der Waals surface area contributed by atoms with E-state index >= 15 is 0 Å². The molecule has 7 rings (SSSR count). The molecule has 12 heteroatoms. The van der Waals surface area contributed by atoms with E-state index in [1.54, 1.807) is 24.3 Å². The fourth-order valence-electron chi connectivity index (χ4n) is 7.92. The smallest absolute Gasteiger partial charge is 0.254 e. The van der Waals surface area contributed by atoms with Crippen LogP contribution < -0.4 is 11.1 Å². The quantitative estimate of drug-likeness (QED) is 0.131. The Morgan fingerprint density at radius 2 is 1.75 bits per heavy atom. The van der Waals surface area contributed by atoms with E-state index in [2.05, 4.69) is 71.4 Å². The minimum absolute atomic E-state index is 0.203. The number of nitrogens with zero attached hydrogens (tertiary/aromatic N) is 6. The lowest BCUT2D eigenvalue weighted by molar-refractivity contribution is 0.0730. The molecular weight excluding hydrogens is 724 g/mol. The average molecular weight is 777 g/mol. The van der Waals surface area contributed by atoms with Crippen LogP contribution in [0.4, 0.5) is 5.69 Å². The highest BCUT2D eigenvalue weighted by atomic mass is 35.5. The summed E-state index contributed by atoms with van der Waals surface area (Å²) in [4.78, 5) is 38.8. The number of carbonyl (C=O) groups is 2. The van der Waals surface area contributed by atoms with Gasteiger partial charge < -0.3 is 25.6 Å². The van der Waals surface area contributed by atoms with Crippen LogP contribution in [0.25, 0.3) is 22.2 Å². The zero-order valence-corrected chi connectivity index (χ0v) is 33.5. The first-order chi connectivity index (χ1) is 27.2. The third kappa shape index (κ3) is 9.08. The number of hydrogen-bond acceptors (Lipinski definition) is 8. The molecule has 0 spiro atoms. The van der Waals surface area contributed by atoms with Crippen LogP contribution in [0.1, 0.15) is 76.2 Å². The molecule has 2 aromatic heterocycles. The predicted octanol–water partition coefficient (Wildman–Crippen LogP) is 7.00. The fraction of sp³-hybridized carbons (Fsp3) is 0.409. The van der Waals surface area contributed by atoms with Crippen molar-refractivity contribution in [2.75, 3.05) is 51.8 Å². The Hall–Kier alpha value is -4.81. The molecule has 2 aliphatic heterocycles. The van der Waals surface area contributed by atoms with E-state index in [1.165, 1.54) is 5.56 Å². The third-order valence-electron chi connectivity index (χ3n) is 11.1. The number of fused-ring (bicyclic) bond motifs is 1. The maximum absolute atomic E-state index is 14.7. The van der Waals surface area contributed by atoms with Gasteiger partial charge in [0.2, 0.25) is 5.91 Å². The molecule has 2 fully saturated rings.